The van der Waals surface area contributed by atoms with Crippen LogP contribution in [0, 0.1) is 17.8 Å². The molecule has 59 heavy (non-hydrogen) atoms. The quantitative estimate of drug-likeness (QED) is 0.0530. The number of aldehydes is 1. The van der Waals surface area contributed by atoms with E-state index in [1.165, 1.54) is 0 Å². The van der Waals surface area contributed by atoms with Gasteiger partial charge in [0.15, 0.2) is 0 Å². The molecule has 3 aromatic carbocycles. The summed E-state index contributed by atoms with van der Waals surface area (Å²) in [7, 11) is 3.41. The van der Waals surface area contributed by atoms with E-state index in [1.54, 1.807) is 43.3 Å². The fourth-order valence-corrected chi connectivity index (χ4v) is 9.03. The van der Waals surface area contributed by atoms with Crippen molar-refractivity contribution in [1.29, 1.82) is 0 Å². The molecule has 0 bridgehead atoms. The van der Waals surface area contributed by atoms with Crippen LogP contribution in [0.25, 0.3) is 0 Å². The lowest BCUT2D eigenvalue weighted by molar-refractivity contribution is -0.255. The molecule has 2 N–H and O–H groups in total. The van der Waals surface area contributed by atoms with E-state index in [2.05, 4.69) is 12.7 Å². The Morgan fingerprint density at radius 3 is 2.42 bits per heavy atom. The maximum absolute atomic E-state index is 14.5. The molecular weight excluding hydrogens is 749 g/mol. The summed E-state index contributed by atoms with van der Waals surface area (Å²) in [5.74, 6) is 0.375. The minimum atomic E-state index is -1.37. The van der Waals surface area contributed by atoms with Gasteiger partial charge in [0.05, 0.1) is 31.8 Å². The smallest absolute Gasteiger partial charge is 0.239 e. The van der Waals surface area contributed by atoms with Crippen LogP contribution in [0.2, 0.25) is 0 Å². The van der Waals surface area contributed by atoms with Crippen LogP contribution in [0.5, 0.6) is 23.0 Å². The molecule has 0 aromatic heterocycles. The first-order chi connectivity index (χ1) is 28.4. The zero-order valence-corrected chi connectivity index (χ0v) is 35.1. The van der Waals surface area contributed by atoms with Crippen molar-refractivity contribution in [3.63, 3.8) is 0 Å². The second kappa shape index (κ2) is 19.4. The van der Waals surface area contributed by atoms with Gasteiger partial charge in [0, 0.05) is 43.7 Å². The number of hydrogen-bond donors (Lipinski definition) is 2. The van der Waals surface area contributed by atoms with Crippen molar-refractivity contribution in [2.75, 3.05) is 34.0 Å². The van der Waals surface area contributed by atoms with E-state index >= 15 is 0 Å². The number of hydrogen-bond acceptors (Lipinski definition) is 10. The van der Waals surface area contributed by atoms with E-state index in [9.17, 15) is 19.8 Å². The molecule has 11 heteroatoms. The summed E-state index contributed by atoms with van der Waals surface area (Å²) >= 11 is 0. The number of methoxy groups -OCH3 is 1. The molecule has 11 nitrogen and oxygen atoms in total. The van der Waals surface area contributed by atoms with E-state index in [0.29, 0.717) is 47.8 Å². The highest BCUT2D eigenvalue weighted by Crippen LogP contribution is 2.62. The molecule has 0 radical (unpaired) electrons. The van der Waals surface area contributed by atoms with Gasteiger partial charge in [-0.05, 0) is 112 Å². The Bertz CT molecular complexity index is 2000. The van der Waals surface area contributed by atoms with E-state index in [-0.39, 0.29) is 49.9 Å². The number of fused-ring (bicyclic) bond motifs is 2. The van der Waals surface area contributed by atoms with Crippen LogP contribution in [0.1, 0.15) is 93.1 Å². The molecule has 1 aliphatic heterocycles. The molecular formula is C48H60N2O9. The first kappa shape index (κ1) is 43.6. The third-order valence-electron chi connectivity index (χ3n) is 11.7. The molecule has 1 fully saturated rings. The predicted molar refractivity (Wildman–Crippen MR) is 227 cm³/mol. The molecule has 1 amide bonds. The molecule has 3 aliphatic rings. The maximum Gasteiger partial charge on any atom is 0.239 e. The number of oxime groups is 1. The number of carbonyl (C=O) groups excluding carboxylic acids is 2. The Hall–Kier alpha value is -4.97. The number of likely N-dealkylation sites (N-methyl/N-ethyl adjacent to an activating group) is 1. The number of aliphatic hydroxyl groups is 2. The van der Waals surface area contributed by atoms with Gasteiger partial charge in [0.2, 0.25) is 11.7 Å². The molecule has 6 unspecified atom stereocenters. The standard InChI is InChI=1S/C48H60N2O9/c1-7-24-56-48-43(50(5)44(54)27-32-14-12-17-35(25-32)55-6)30-41(49-59-47(2,3)4)39-28-34(16-8-10-22-51)38(19-9-11-23-52)45(46(39)48)40-29-37(20-21-42(40)58-48)57-36-18-13-15-33(26-36)31-53/h7,12-15,17-18,20-21,25-26,28-29,31,34,38,43,45-46,51-52H,1,8-11,16,19,22-24,27,30H2,2-6H3. The largest absolute Gasteiger partial charge is 0.497 e. The van der Waals surface area contributed by atoms with Crippen molar-refractivity contribution in [3.05, 3.63) is 108 Å². The number of amides is 1. The third-order valence-corrected chi connectivity index (χ3v) is 11.7. The van der Waals surface area contributed by atoms with Crippen LogP contribution in [-0.4, -0.2) is 84.4 Å². The van der Waals surface area contributed by atoms with Gasteiger partial charge >= 0.3 is 0 Å². The Morgan fingerprint density at radius 1 is 0.983 bits per heavy atom. The third kappa shape index (κ3) is 9.91. The molecule has 6 atom stereocenters. The van der Waals surface area contributed by atoms with E-state index < -0.39 is 23.3 Å². The van der Waals surface area contributed by atoms with Crippen molar-refractivity contribution in [3.8, 4) is 23.0 Å². The number of aliphatic hydroxyl groups excluding tert-OH is 2. The fourth-order valence-electron chi connectivity index (χ4n) is 9.03. The lowest BCUT2D eigenvalue weighted by Crippen LogP contribution is -2.69. The monoisotopic (exact) mass is 808 g/mol. The number of nitrogens with zero attached hydrogens (tertiary/aromatic N) is 2. The van der Waals surface area contributed by atoms with Gasteiger partial charge in [-0.2, -0.15) is 0 Å². The van der Waals surface area contributed by atoms with Crippen molar-refractivity contribution >= 4 is 17.9 Å². The molecule has 6 rings (SSSR count). The predicted octanol–water partition coefficient (Wildman–Crippen LogP) is 8.43. The van der Waals surface area contributed by atoms with Crippen molar-refractivity contribution < 1.29 is 43.6 Å². The first-order valence-corrected chi connectivity index (χ1v) is 20.8. The van der Waals surface area contributed by atoms with Crippen molar-refractivity contribution in [1.82, 2.24) is 4.90 Å². The highest BCUT2D eigenvalue weighted by atomic mass is 16.7. The second-order valence-corrected chi connectivity index (χ2v) is 16.8. The zero-order chi connectivity index (χ0) is 42.2. The van der Waals surface area contributed by atoms with Gasteiger partial charge in [-0.1, -0.05) is 54.4 Å². The highest BCUT2D eigenvalue weighted by Gasteiger charge is 2.65. The minimum Gasteiger partial charge on any atom is -0.497 e. The molecule has 1 heterocycles. The van der Waals surface area contributed by atoms with Crippen LogP contribution in [0.15, 0.2) is 96.2 Å². The Balaban J connectivity index is 1.56. The molecule has 3 aromatic rings. The fraction of sp³-hybridized carbons (Fsp3) is 0.479. The molecule has 0 saturated heterocycles. The van der Waals surface area contributed by atoms with Gasteiger partial charge < -0.3 is 38.9 Å². The Morgan fingerprint density at radius 2 is 1.71 bits per heavy atom. The summed E-state index contributed by atoms with van der Waals surface area (Å²) < 4.78 is 26.2. The van der Waals surface area contributed by atoms with Crippen molar-refractivity contribution in [2.24, 2.45) is 22.9 Å². The van der Waals surface area contributed by atoms with Crippen LogP contribution < -0.4 is 14.2 Å². The molecule has 316 valence electrons. The van der Waals surface area contributed by atoms with Gasteiger partial charge in [0.1, 0.15) is 40.9 Å². The van der Waals surface area contributed by atoms with Crippen LogP contribution in [0.4, 0.5) is 0 Å². The lowest BCUT2D eigenvalue weighted by Gasteiger charge is -2.59. The highest BCUT2D eigenvalue weighted by molar-refractivity contribution is 6.03. The summed E-state index contributed by atoms with van der Waals surface area (Å²) in [5.41, 5.74) is 3.35. The van der Waals surface area contributed by atoms with E-state index in [4.69, 9.17) is 28.9 Å². The van der Waals surface area contributed by atoms with E-state index in [1.807, 2.05) is 69.3 Å². The average molecular weight is 809 g/mol. The number of rotatable bonds is 19. The summed E-state index contributed by atoms with van der Waals surface area (Å²) in [6, 6.07) is 19.7. The SMILES string of the molecule is C=CCOC12Oc3ccc(Oc4cccc(C=O)c4)cc3C3C(CCCCO)C(CCCCO)C=C(C(=NOC(C)(C)C)CC1N(C)C(=O)Cc1cccc(OC)c1)C32. The number of carbonyl (C=O) groups is 2. The first-order valence-electron chi connectivity index (χ1n) is 20.8. The maximum atomic E-state index is 14.5. The van der Waals surface area contributed by atoms with Gasteiger partial charge in [-0.25, -0.2) is 0 Å². The Kier molecular flexibility index (Phi) is 14.3. The van der Waals surface area contributed by atoms with Crippen LogP contribution in [-0.2, 0) is 20.8 Å². The number of benzene rings is 3. The second-order valence-electron chi connectivity index (χ2n) is 16.8. The van der Waals surface area contributed by atoms with Crippen molar-refractivity contribution in [2.45, 2.75) is 95.5 Å². The van der Waals surface area contributed by atoms with Gasteiger partial charge in [0.25, 0.3) is 0 Å². The number of allylic oxidation sites excluding steroid dienone is 1. The summed E-state index contributed by atoms with van der Waals surface area (Å²) in [5, 5.41) is 24.7. The number of ether oxygens (including phenoxy) is 4. The lowest BCUT2D eigenvalue weighted by atomic mass is 9.55. The normalized spacial score (nSPS) is 23.9. The molecule has 1 saturated carbocycles. The summed E-state index contributed by atoms with van der Waals surface area (Å²) in [6.07, 6.45) is 9.84. The summed E-state index contributed by atoms with van der Waals surface area (Å²) in [4.78, 5) is 34.1. The molecule has 2 aliphatic carbocycles. The zero-order valence-electron chi connectivity index (χ0n) is 35.1. The summed E-state index contributed by atoms with van der Waals surface area (Å²) in [6.45, 7) is 10.2. The Labute approximate surface area is 348 Å². The topological polar surface area (TPSA) is 136 Å². The van der Waals surface area contributed by atoms with Gasteiger partial charge in [-0.15, -0.1) is 6.58 Å². The van der Waals surface area contributed by atoms with Gasteiger partial charge in [-0.3, -0.25) is 9.59 Å². The minimum absolute atomic E-state index is 0.0540. The average Bonchev–Trinajstić information content (AvgIpc) is 3.23. The van der Waals surface area contributed by atoms with E-state index in [0.717, 1.165) is 54.4 Å². The van der Waals surface area contributed by atoms with Crippen LogP contribution >= 0.6 is 0 Å². The molecule has 0 spiro atoms. The van der Waals surface area contributed by atoms with Crippen LogP contribution in [0.3, 0.4) is 0 Å². The number of unbranched alkanes of at least 4 members (excludes halogenated alkanes) is 2.